The Kier molecular flexibility index (Phi) is 4.65. The van der Waals surface area contributed by atoms with Crippen molar-refractivity contribution in [3.8, 4) is 0 Å². The number of amides is 1. The highest BCUT2D eigenvalue weighted by Crippen LogP contribution is 2.18. The van der Waals surface area contributed by atoms with Gasteiger partial charge in [-0.1, -0.05) is 18.2 Å². The van der Waals surface area contributed by atoms with E-state index in [0.29, 0.717) is 13.0 Å². The van der Waals surface area contributed by atoms with Gasteiger partial charge in [-0.05, 0) is 31.9 Å². The lowest BCUT2D eigenvalue weighted by Crippen LogP contribution is -2.53. The molecule has 0 unspecified atom stereocenters. The number of rotatable bonds is 6. The molecule has 0 aliphatic carbocycles. The van der Waals surface area contributed by atoms with E-state index >= 15 is 0 Å². The summed E-state index contributed by atoms with van der Waals surface area (Å²) in [7, 11) is 1.61. The molecule has 0 aliphatic heterocycles. The molecule has 5 heteroatoms. The molecule has 5 nitrogen and oxygen atoms in total. The zero-order valence-electron chi connectivity index (χ0n) is 12.8. The first-order valence-electron chi connectivity index (χ1n) is 7.04. The Labute approximate surface area is 124 Å². The quantitative estimate of drug-likeness (QED) is 0.755. The number of hydrogen-bond donors (Lipinski definition) is 3. The van der Waals surface area contributed by atoms with Gasteiger partial charge in [0.05, 0.1) is 18.2 Å². The Bertz CT molecular complexity index is 619. The lowest BCUT2D eigenvalue weighted by Gasteiger charge is -2.27. The molecule has 1 heterocycles. The normalized spacial score (nSPS) is 13.3. The van der Waals surface area contributed by atoms with E-state index in [-0.39, 0.29) is 5.91 Å². The van der Waals surface area contributed by atoms with E-state index in [0.717, 1.165) is 16.5 Å². The molecule has 1 aromatic carbocycles. The molecule has 2 aromatic rings. The van der Waals surface area contributed by atoms with Gasteiger partial charge in [-0.3, -0.25) is 4.79 Å². The Hall–Kier alpha value is -1.85. The van der Waals surface area contributed by atoms with Gasteiger partial charge in [0.1, 0.15) is 0 Å². The van der Waals surface area contributed by atoms with Crippen LogP contribution in [-0.4, -0.2) is 36.2 Å². The summed E-state index contributed by atoms with van der Waals surface area (Å²) in [6.07, 6.45) is 2.41. The van der Waals surface area contributed by atoms with E-state index in [2.05, 4.69) is 10.3 Å². The number of carbonyl (C=O) groups is 1. The summed E-state index contributed by atoms with van der Waals surface area (Å²) >= 11 is 0. The lowest BCUT2D eigenvalue weighted by atomic mass is 10.0. The van der Waals surface area contributed by atoms with Gasteiger partial charge in [-0.15, -0.1) is 0 Å². The Morgan fingerprint density at radius 3 is 2.86 bits per heavy atom. The lowest BCUT2D eigenvalue weighted by molar-refractivity contribution is -0.124. The topological polar surface area (TPSA) is 80.1 Å². The molecular formula is C16H23N3O2. The molecule has 4 N–H and O–H groups in total. The van der Waals surface area contributed by atoms with Gasteiger partial charge in [0, 0.05) is 24.2 Å². The van der Waals surface area contributed by atoms with Crippen LogP contribution in [-0.2, 0) is 16.0 Å². The molecule has 1 aromatic heterocycles. The van der Waals surface area contributed by atoms with Gasteiger partial charge in [0.2, 0.25) is 5.91 Å². The second kappa shape index (κ2) is 6.28. The number of methoxy groups -OCH3 is 1. The molecule has 0 fully saturated rings. The molecule has 0 saturated carbocycles. The van der Waals surface area contributed by atoms with Crippen LogP contribution in [0.1, 0.15) is 19.4 Å². The molecule has 0 spiro atoms. The van der Waals surface area contributed by atoms with Crippen molar-refractivity contribution in [3.63, 3.8) is 0 Å². The molecular weight excluding hydrogens is 266 g/mol. The molecule has 1 amide bonds. The van der Waals surface area contributed by atoms with Crippen molar-refractivity contribution in [2.24, 2.45) is 5.73 Å². The van der Waals surface area contributed by atoms with Crippen LogP contribution >= 0.6 is 0 Å². The summed E-state index contributed by atoms with van der Waals surface area (Å²) in [4.78, 5) is 15.4. The maximum absolute atomic E-state index is 12.2. The van der Waals surface area contributed by atoms with E-state index in [1.807, 2.05) is 44.3 Å². The van der Waals surface area contributed by atoms with Crippen molar-refractivity contribution in [2.75, 3.05) is 13.7 Å². The number of carbonyl (C=O) groups excluding carboxylic acids is 1. The van der Waals surface area contributed by atoms with E-state index in [9.17, 15) is 4.79 Å². The first-order valence-corrected chi connectivity index (χ1v) is 7.04. The average Bonchev–Trinajstić information content (AvgIpc) is 2.81. The summed E-state index contributed by atoms with van der Waals surface area (Å²) in [5.74, 6) is -0.165. The van der Waals surface area contributed by atoms with Gasteiger partial charge in [-0.2, -0.15) is 0 Å². The van der Waals surface area contributed by atoms with Gasteiger partial charge in [0.15, 0.2) is 0 Å². The highest BCUT2D eigenvalue weighted by molar-refractivity contribution is 5.86. The Morgan fingerprint density at radius 1 is 1.43 bits per heavy atom. The molecule has 21 heavy (non-hydrogen) atoms. The first kappa shape index (κ1) is 15.5. The van der Waals surface area contributed by atoms with Crippen molar-refractivity contribution in [1.29, 1.82) is 0 Å². The summed E-state index contributed by atoms with van der Waals surface area (Å²) < 4.78 is 5.09. The average molecular weight is 289 g/mol. The van der Waals surface area contributed by atoms with Gasteiger partial charge in [0.25, 0.3) is 0 Å². The van der Waals surface area contributed by atoms with E-state index in [1.165, 1.54) is 0 Å². The monoisotopic (exact) mass is 289 g/mol. The molecule has 1 atom stereocenters. The van der Waals surface area contributed by atoms with Crippen LogP contribution in [0.2, 0.25) is 0 Å². The van der Waals surface area contributed by atoms with Gasteiger partial charge < -0.3 is 20.8 Å². The number of nitrogens with one attached hydrogen (secondary N) is 2. The van der Waals surface area contributed by atoms with Crippen molar-refractivity contribution >= 4 is 16.8 Å². The molecule has 114 valence electrons. The van der Waals surface area contributed by atoms with Crippen LogP contribution in [0.3, 0.4) is 0 Å². The van der Waals surface area contributed by atoms with Crippen LogP contribution in [0.15, 0.2) is 30.5 Å². The van der Waals surface area contributed by atoms with Crippen LogP contribution < -0.4 is 11.1 Å². The maximum atomic E-state index is 12.2. The summed E-state index contributed by atoms with van der Waals surface area (Å²) in [5.41, 5.74) is 7.72. The van der Waals surface area contributed by atoms with E-state index in [1.54, 1.807) is 7.11 Å². The van der Waals surface area contributed by atoms with E-state index < -0.39 is 11.6 Å². The third-order valence-corrected chi connectivity index (χ3v) is 3.42. The number of para-hydroxylation sites is 1. The Balaban J connectivity index is 2.04. The largest absolute Gasteiger partial charge is 0.382 e. The number of aromatic amines is 1. The molecule has 2 rings (SSSR count). The third kappa shape index (κ3) is 3.83. The van der Waals surface area contributed by atoms with Gasteiger partial charge in [-0.25, -0.2) is 0 Å². The van der Waals surface area contributed by atoms with Crippen molar-refractivity contribution in [2.45, 2.75) is 31.8 Å². The minimum absolute atomic E-state index is 0.165. The molecule has 0 aliphatic rings. The number of aromatic nitrogens is 1. The Morgan fingerprint density at radius 2 is 2.14 bits per heavy atom. The smallest absolute Gasteiger partial charge is 0.237 e. The number of benzene rings is 1. The first-order chi connectivity index (χ1) is 9.93. The van der Waals surface area contributed by atoms with Crippen molar-refractivity contribution in [3.05, 3.63) is 36.0 Å². The highest BCUT2D eigenvalue weighted by Gasteiger charge is 2.24. The SMILES string of the molecule is COCC(C)(C)NC(=O)[C@@H](N)Cc1c[nH]c2ccccc12. The second-order valence-electron chi connectivity index (χ2n) is 5.98. The fraction of sp³-hybridized carbons (Fsp3) is 0.438. The minimum atomic E-state index is -0.583. The second-order valence-corrected chi connectivity index (χ2v) is 5.98. The highest BCUT2D eigenvalue weighted by atomic mass is 16.5. The van der Waals surface area contributed by atoms with E-state index in [4.69, 9.17) is 10.5 Å². The molecule has 0 saturated heterocycles. The zero-order valence-corrected chi connectivity index (χ0v) is 12.8. The van der Waals surface area contributed by atoms with Crippen molar-refractivity contribution < 1.29 is 9.53 Å². The number of hydrogen-bond acceptors (Lipinski definition) is 3. The van der Waals surface area contributed by atoms with Crippen molar-refractivity contribution in [1.82, 2.24) is 10.3 Å². The van der Waals surface area contributed by atoms with Crippen LogP contribution in [0.5, 0.6) is 0 Å². The standard InChI is InChI=1S/C16H23N3O2/c1-16(2,10-21-3)19-15(20)13(17)8-11-9-18-14-7-5-4-6-12(11)14/h4-7,9,13,18H,8,10,17H2,1-3H3,(H,19,20)/t13-/m0/s1. The summed E-state index contributed by atoms with van der Waals surface area (Å²) in [5, 5.41) is 4.03. The fourth-order valence-corrected chi connectivity index (χ4v) is 2.45. The zero-order chi connectivity index (χ0) is 15.5. The number of fused-ring (bicyclic) bond motifs is 1. The van der Waals surface area contributed by atoms with Crippen LogP contribution in [0.4, 0.5) is 0 Å². The van der Waals surface area contributed by atoms with Crippen LogP contribution in [0.25, 0.3) is 10.9 Å². The maximum Gasteiger partial charge on any atom is 0.237 e. The van der Waals surface area contributed by atoms with Crippen LogP contribution in [0, 0.1) is 0 Å². The minimum Gasteiger partial charge on any atom is -0.382 e. The predicted molar refractivity (Wildman–Crippen MR) is 84.1 cm³/mol. The predicted octanol–water partition coefficient (Wildman–Crippen LogP) is 1.58. The third-order valence-electron chi connectivity index (χ3n) is 3.42. The molecule has 0 radical (unpaired) electrons. The molecule has 0 bridgehead atoms. The number of H-pyrrole nitrogens is 1. The number of nitrogens with two attached hydrogens (primary N) is 1. The fourth-order valence-electron chi connectivity index (χ4n) is 2.45. The van der Waals surface area contributed by atoms with Gasteiger partial charge >= 0.3 is 0 Å². The number of ether oxygens (including phenoxy) is 1. The summed E-state index contributed by atoms with van der Waals surface area (Å²) in [6, 6.07) is 7.41. The summed E-state index contributed by atoms with van der Waals surface area (Å²) in [6.45, 7) is 4.26.